The zero-order valence-electron chi connectivity index (χ0n) is 10.2. The van der Waals surface area contributed by atoms with Crippen LogP contribution in [0.25, 0.3) is 22.1 Å². The van der Waals surface area contributed by atoms with Gasteiger partial charge in [-0.2, -0.15) is 0 Å². The molecule has 0 unspecified atom stereocenters. The molecule has 0 atom stereocenters. The van der Waals surface area contributed by atoms with Crippen molar-refractivity contribution in [1.29, 1.82) is 0 Å². The minimum absolute atomic E-state index is 0.542. The second kappa shape index (κ2) is 4.68. The Kier molecular flexibility index (Phi) is 3.00. The maximum atomic E-state index is 5.93. The number of halogens is 1. The average molecular weight is 291 g/mol. The third-order valence-electron chi connectivity index (χ3n) is 2.76. The lowest BCUT2D eigenvalue weighted by Crippen LogP contribution is -1.95. The van der Waals surface area contributed by atoms with Gasteiger partial charge in [0.2, 0.25) is 0 Å². The third-order valence-corrected chi connectivity index (χ3v) is 3.97. The van der Waals surface area contributed by atoms with E-state index in [2.05, 4.69) is 10.1 Å². The van der Waals surface area contributed by atoms with Gasteiger partial charge in [-0.3, -0.25) is 0 Å². The fourth-order valence-corrected chi connectivity index (χ4v) is 2.60. The predicted octanol–water partition coefficient (Wildman–Crippen LogP) is 3.45. The van der Waals surface area contributed by atoms with Crippen LogP contribution in [0.5, 0.6) is 0 Å². The summed E-state index contributed by atoms with van der Waals surface area (Å²) in [5.41, 5.74) is 7.27. The molecule has 0 saturated heterocycles. The Morgan fingerprint density at radius 3 is 2.84 bits per heavy atom. The lowest BCUT2D eigenvalue weighted by molar-refractivity contribution is 0.778. The monoisotopic (exact) mass is 290 g/mol. The number of nitrogens with zero attached hydrogens (tertiary/aromatic N) is 3. The van der Waals surface area contributed by atoms with Crippen LogP contribution in [-0.4, -0.2) is 14.8 Å². The van der Waals surface area contributed by atoms with Gasteiger partial charge in [-0.25, -0.2) is 9.67 Å². The van der Waals surface area contributed by atoms with E-state index >= 15 is 0 Å². The molecule has 0 amide bonds. The Labute approximate surface area is 119 Å². The largest absolute Gasteiger partial charge is 0.398 e. The first-order chi connectivity index (χ1) is 9.15. The molecule has 2 N–H and O–H groups in total. The summed E-state index contributed by atoms with van der Waals surface area (Å²) >= 11 is 7.54. The van der Waals surface area contributed by atoms with E-state index in [-0.39, 0.29) is 0 Å². The van der Waals surface area contributed by atoms with E-state index in [0.717, 1.165) is 22.1 Å². The summed E-state index contributed by atoms with van der Waals surface area (Å²) < 4.78 is 1.75. The molecular weight excluding hydrogens is 280 g/mol. The summed E-state index contributed by atoms with van der Waals surface area (Å²) in [6, 6.07) is 9.45. The van der Waals surface area contributed by atoms with Crippen molar-refractivity contribution >= 4 is 28.6 Å². The van der Waals surface area contributed by atoms with Gasteiger partial charge in [0.25, 0.3) is 0 Å². The summed E-state index contributed by atoms with van der Waals surface area (Å²) in [7, 11) is 1.87. The van der Waals surface area contributed by atoms with E-state index in [1.165, 1.54) is 0 Å². The van der Waals surface area contributed by atoms with E-state index in [0.29, 0.717) is 10.7 Å². The average Bonchev–Trinajstić information content (AvgIpc) is 3.01. The zero-order chi connectivity index (χ0) is 13.4. The van der Waals surface area contributed by atoms with Gasteiger partial charge < -0.3 is 5.73 Å². The highest BCUT2D eigenvalue weighted by atomic mass is 35.5. The first-order valence-corrected chi connectivity index (χ1v) is 6.91. The van der Waals surface area contributed by atoms with Crippen molar-refractivity contribution < 1.29 is 0 Å². The molecule has 0 aliphatic heterocycles. The van der Waals surface area contributed by atoms with Crippen LogP contribution in [-0.2, 0) is 7.05 Å². The van der Waals surface area contributed by atoms with E-state index in [1.54, 1.807) is 22.1 Å². The SMILES string of the molecule is Cn1nc(-c2cccs2)nc1-c1ccc(Cl)c(N)c1. The van der Waals surface area contributed by atoms with E-state index in [4.69, 9.17) is 17.3 Å². The molecule has 0 aliphatic rings. The molecule has 96 valence electrons. The van der Waals surface area contributed by atoms with Gasteiger partial charge in [0, 0.05) is 12.6 Å². The van der Waals surface area contributed by atoms with Crippen LogP contribution in [0.4, 0.5) is 5.69 Å². The van der Waals surface area contributed by atoms with Crippen molar-refractivity contribution in [1.82, 2.24) is 14.8 Å². The molecule has 3 aromatic rings. The number of rotatable bonds is 2. The smallest absolute Gasteiger partial charge is 0.191 e. The van der Waals surface area contributed by atoms with Crippen molar-refractivity contribution in [3.05, 3.63) is 40.7 Å². The Morgan fingerprint density at radius 1 is 1.32 bits per heavy atom. The number of nitrogens with two attached hydrogens (primary N) is 1. The molecule has 0 spiro atoms. The van der Waals surface area contributed by atoms with Crippen LogP contribution in [0.3, 0.4) is 0 Å². The van der Waals surface area contributed by atoms with Gasteiger partial charge >= 0.3 is 0 Å². The second-order valence-corrected chi connectivity index (χ2v) is 5.45. The molecule has 3 rings (SSSR count). The summed E-state index contributed by atoms with van der Waals surface area (Å²) in [5.74, 6) is 1.49. The molecule has 19 heavy (non-hydrogen) atoms. The molecule has 0 bridgehead atoms. The number of nitrogen functional groups attached to an aromatic ring is 1. The van der Waals surface area contributed by atoms with Crippen LogP contribution in [0.1, 0.15) is 0 Å². The van der Waals surface area contributed by atoms with Crippen molar-refractivity contribution in [2.45, 2.75) is 0 Å². The lowest BCUT2D eigenvalue weighted by Gasteiger charge is -2.02. The van der Waals surface area contributed by atoms with Gasteiger partial charge in [0.1, 0.15) is 0 Å². The van der Waals surface area contributed by atoms with Crippen molar-refractivity contribution in [2.75, 3.05) is 5.73 Å². The topological polar surface area (TPSA) is 56.7 Å². The van der Waals surface area contributed by atoms with Crippen LogP contribution >= 0.6 is 22.9 Å². The standard InChI is InChI=1S/C13H11ClN4S/c1-18-13(8-4-5-9(14)10(15)7-8)16-12(17-18)11-3-2-6-19-11/h2-7H,15H2,1H3. The first-order valence-electron chi connectivity index (χ1n) is 5.65. The summed E-state index contributed by atoms with van der Waals surface area (Å²) in [6.07, 6.45) is 0. The molecular formula is C13H11ClN4S. The normalized spacial score (nSPS) is 10.8. The summed E-state index contributed by atoms with van der Waals surface area (Å²) in [6.45, 7) is 0. The minimum atomic E-state index is 0.542. The van der Waals surface area contributed by atoms with Crippen LogP contribution in [0, 0.1) is 0 Å². The molecule has 2 aromatic heterocycles. The molecule has 0 fully saturated rings. The second-order valence-electron chi connectivity index (χ2n) is 4.10. The molecule has 2 heterocycles. The zero-order valence-corrected chi connectivity index (χ0v) is 11.7. The van der Waals surface area contributed by atoms with Gasteiger partial charge in [-0.15, -0.1) is 16.4 Å². The Balaban J connectivity index is 2.08. The number of aromatic nitrogens is 3. The van der Waals surface area contributed by atoms with Crippen LogP contribution in [0.15, 0.2) is 35.7 Å². The Hall–Kier alpha value is -1.85. The molecule has 6 heteroatoms. The third kappa shape index (κ3) is 2.22. The highest BCUT2D eigenvalue weighted by Gasteiger charge is 2.12. The highest BCUT2D eigenvalue weighted by molar-refractivity contribution is 7.13. The van der Waals surface area contributed by atoms with E-state index in [9.17, 15) is 0 Å². The summed E-state index contributed by atoms with van der Waals surface area (Å²) in [5, 5.41) is 6.98. The van der Waals surface area contributed by atoms with Crippen molar-refractivity contribution in [2.24, 2.45) is 7.05 Å². The fourth-order valence-electron chi connectivity index (χ4n) is 1.83. The van der Waals surface area contributed by atoms with E-state index < -0.39 is 0 Å². The van der Waals surface area contributed by atoms with Crippen LogP contribution in [0.2, 0.25) is 5.02 Å². The fraction of sp³-hybridized carbons (Fsp3) is 0.0769. The Bertz CT molecular complexity index is 718. The van der Waals surface area contributed by atoms with Gasteiger partial charge in [-0.1, -0.05) is 17.7 Å². The van der Waals surface area contributed by atoms with Crippen molar-refractivity contribution in [3.8, 4) is 22.1 Å². The molecule has 0 saturated carbocycles. The predicted molar refractivity (Wildman–Crippen MR) is 79.2 cm³/mol. The van der Waals surface area contributed by atoms with Crippen LogP contribution < -0.4 is 5.73 Å². The van der Waals surface area contributed by atoms with Gasteiger partial charge in [0.15, 0.2) is 11.6 Å². The minimum Gasteiger partial charge on any atom is -0.398 e. The molecule has 0 aliphatic carbocycles. The van der Waals surface area contributed by atoms with E-state index in [1.807, 2.05) is 36.7 Å². The summed E-state index contributed by atoms with van der Waals surface area (Å²) in [4.78, 5) is 5.60. The molecule has 1 aromatic carbocycles. The maximum Gasteiger partial charge on any atom is 0.191 e. The first kappa shape index (κ1) is 12.2. The molecule has 0 radical (unpaired) electrons. The van der Waals surface area contributed by atoms with Gasteiger partial charge in [0.05, 0.1) is 15.6 Å². The number of benzene rings is 1. The molecule has 4 nitrogen and oxygen atoms in total. The Morgan fingerprint density at radius 2 is 2.16 bits per heavy atom. The number of hydrogen-bond acceptors (Lipinski definition) is 4. The highest BCUT2D eigenvalue weighted by Crippen LogP contribution is 2.28. The number of anilines is 1. The lowest BCUT2D eigenvalue weighted by atomic mass is 10.2. The maximum absolute atomic E-state index is 5.93. The van der Waals surface area contributed by atoms with Crippen molar-refractivity contribution in [3.63, 3.8) is 0 Å². The number of hydrogen-bond donors (Lipinski definition) is 1. The van der Waals surface area contributed by atoms with Gasteiger partial charge in [-0.05, 0) is 29.6 Å². The quantitative estimate of drug-likeness (QED) is 0.736. The number of thiophene rings is 1. The number of aryl methyl sites for hydroxylation is 1.